The average molecular weight is 287 g/mol. The van der Waals surface area contributed by atoms with E-state index in [2.05, 4.69) is 36.2 Å². The zero-order valence-electron chi connectivity index (χ0n) is 7.53. The van der Waals surface area contributed by atoms with Crippen LogP contribution < -0.4 is 5.32 Å². The Hall–Kier alpha value is -1.21. The number of aromatic nitrogens is 3. The van der Waals surface area contributed by atoms with Gasteiger partial charge >= 0.3 is 0 Å². The number of H-pyrrole nitrogens is 1. The summed E-state index contributed by atoms with van der Waals surface area (Å²) in [5, 5.41) is 4.43. The van der Waals surface area contributed by atoms with E-state index in [4.69, 9.17) is 0 Å². The molecule has 78 valence electrons. The third-order valence-electron chi connectivity index (χ3n) is 1.70. The number of rotatable bonds is 3. The number of imidazole rings is 1. The maximum absolute atomic E-state index is 11.5. The number of thiazole rings is 1. The first-order valence-corrected chi connectivity index (χ1v) is 5.79. The lowest BCUT2D eigenvalue weighted by molar-refractivity contribution is 0.0946. The maximum Gasteiger partial charge on any atom is 0.271 e. The van der Waals surface area contributed by atoms with Crippen molar-refractivity contribution >= 4 is 33.2 Å². The topological polar surface area (TPSA) is 70.7 Å². The van der Waals surface area contributed by atoms with E-state index in [0.717, 1.165) is 5.69 Å². The number of aromatic amines is 1. The molecule has 0 radical (unpaired) electrons. The lowest BCUT2D eigenvalue weighted by Crippen LogP contribution is -2.23. The van der Waals surface area contributed by atoms with Crippen molar-refractivity contribution < 1.29 is 4.79 Å². The number of hydrogen-bond donors (Lipinski definition) is 2. The molecule has 0 saturated heterocycles. The second-order valence-corrected chi connectivity index (χ2v) is 4.88. The molecule has 0 aromatic carbocycles. The lowest BCUT2D eigenvalue weighted by atomic mass is 10.4. The van der Waals surface area contributed by atoms with Gasteiger partial charge in [0.15, 0.2) is 3.92 Å². The van der Waals surface area contributed by atoms with E-state index in [1.54, 1.807) is 17.9 Å². The first-order chi connectivity index (χ1) is 7.25. The van der Waals surface area contributed by atoms with Crippen LogP contribution in [0.5, 0.6) is 0 Å². The first-order valence-electron chi connectivity index (χ1n) is 4.12. The summed E-state index contributed by atoms with van der Waals surface area (Å²) in [5.41, 5.74) is 1.28. The summed E-state index contributed by atoms with van der Waals surface area (Å²) < 4.78 is 0.703. The van der Waals surface area contributed by atoms with Crippen molar-refractivity contribution in [3.63, 3.8) is 0 Å². The van der Waals surface area contributed by atoms with Crippen LogP contribution in [0.4, 0.5) is 0 Å². The molecule has 2 N–H and O–H groups in total. The minimum atomic E-state index is -0.188. The predicted molar refractivity (Wildman–Crippen MR) is 59.6 cm³/mol. The molecule has 0 unspecified atom stereocenters. The first kappa shape index (κ1) is 10.3. The van der Waals surface area contributed by atoms with Gasteiger partial charge in [-0.1, -0.05) is 0 Å². The Balaban J connectivity index is 1.93. The smallest absolute Gasteiger partial charge is 0.271 e. The molecular formula is C8H7BrN4OS. The highest BCUT2D eigenvalue weighted by Gasteiger charge is 2.09. The molecule has 0 spiro atoms. The molecule has 1 amide bonds. The van der Waals surface area contributed by atoms with Gasteiger partial charge in [-0.3, -0.25) is 4.79 Å². The van der Waals surface area contributed by atoms with E-state index in [9.17, 15) is 4.79 Å². The molecule has 15 heavy (non-hydrogen) atoms. The molecule has 0 saturated carbocycles. The van der Waals surface area contributed by atoms with Crippen LogP contribution in [0, 0.1) is 0 Å². The van der Waals surface area contributed by atoms with Gasteiger partial charge in [0.05, 0.1) is 18.6 Å². The Morgan fingerprint density at radius 1 is 1.67 bits per heavy atom. The maximum atomic E-state index is 11.5. The molecule has 2 heterocycles. The largest absolute Gasteiger partial charge is 0.347 e. The van der Waals surface area contributed by atoms with Gasteiger partial charge in [-0.15, -0.1) is 11.3 Å². The Kier molecular flexibility index (Phi) is 3.12. The van der Waals surface area contributed by atoms with E-state index >= 15 is 0 Å². The number of hydrogen-bond acceptors (Lipinski definition) is 4. The van der Waals surface area contributed by atoms with Crippen molar-refractivity contribution in [2.75, 3.05) is 0 Å². The van der Waals surface area contributed by atoms with Crippen molar-refractivity contribution in [1.82, 2.24) is 20.3 Å². The molecular weight excluding hydrogens is 280 g/mol. The van der Waals surface area contributed by atoms with Crippen LogP contribution in [-0.4, -0.2) is 20.9 Å². The highest BCUT2D eigenvalue weighted by molar-refractivity contribution is 9.11. The molecule has 2 rings (SSSR count). The Bertz CT molecular complexity index is 453. The normalized spacial score (nSPS) is 10.2. The van der Waals surface area contributed by atoms with Crippen LogP contribution in [0.2, 0.25) is 0 Å². The fourth-order valence-electron chi connectivity index (χ4n) is 1.00. The fourth-order valence-corrected chi connectivity index (χ4v) is 1.99. The van der Waals surface area contributed by atoms with Gasteiger partial charge in [-0.05, 0) is 15.9 Å². The molecule has 0 fully saturated rings. The average Bonchev–Trinajstić information content (AvgIpc) is 2.84. The third kappa shape index (κ3) is 2.63. The lowest BCUT2D eigenvalue weighted by Gasteiger charge is -1.99. The standard InChI is InChI=1S/C8H7BrN4OS/c9-8-13-6(3-15-8)7(14)11-2-5-1-10-4-12-5/h1,3-4H,2H2,(H,10,12)(H,11,14). The molecule has 5 nitrogen and oxygen atoms in total. The molecule has 7 heteroatoms. The SMILES string of the molecule is O=C(NCc1cnc[nH]1)c1csc(Br)n1. The monoisotopic (exact) mass is 286 g/mol. The van der Waals surface area contributed by atoms with Crippen molar-refractivity contribution in [3.8, 4) is 0 Å². The molecule has 2 aromatic heterocycles. The number of carbonyl (C=O) groups is 1. The molecule has 0 aliphatic heterocycles. The third-order valence-corrected chi connectivity index (χ3v) is 3.07. The summed E-state index contributed by atoms with van der Waals surface area (Å²) in [6.07, 6.45) is 3.23. The molecule has 0 aliphatic rings. The van der Waals surface area contributed by atoms with Crippen LogP contribution in [0.15, 0.2) is 21.8 Å². The van der Waals surface area contributed by atoms with Gasteiger partial charge in [0.1, 0.15) is 5.69 Å². The van der Waals surface area contributed by atoms with Crippen molar-refractivity contribution in [2.24, 2.45) is 0 Å². The van der Waals surface area contributed by atoms with E-state index in [0.29, 0.717) is 16.2 Å². The molecule has 0 atom stereocenters. The van der Waals surface area contributed by atoms with E-state index in [1.165, 1.54) is 11.3 Å². The zero-order chi connectivity index (χ0) is 10.7. The van der Waals surface area contributed by atoms with Crippen LogP contribution in [0.3, 0.4) is 0 Å². The van der Waals surface area contributed by atoms with Gasteiger partial charge in [0, 0.05) is 11.6 Å². The zero-order valence-corrected chi connectivity index (χ0v) is 9.93. The quantitative estimate of drug-likeness (QED) is 0.900. The minimum absolute atomic E-state index is 0.188. The van der Waals surface area contributed by atoms with Crippen molar-refractivity contribution in [3.05, 3.63) is 33.2 Å². The van der Waals surface area contributed by atoms with Gasteiger partial charge in [0.2, 0.25) is 0 Å². The summed E-state index contributed by atoms with van der Waals surface area (Å²) >= 11 is 4.58. The number of amides is 1. The van der Waals surface area contributed by atoms with Crippen LogP contribution in [0.1, 0.15) is 16.2 Å². The van der Waals surface area contributed by atoms with Gasteiger partial charge in [0.25, 0.3) is 5.91 Å². The Labute approximate surface area is 98.1 Å². The molecule has 2 aromatic rings. The van der Waals surface area contributed by atoms with E-state index in [1.807, 2.05) is 0 Å². The van der Waals surface area contributed by atoms with Crippen molar-refractivity contribution in [1.29, 1.82) is 0 Å². The van der Waals surface area contributed by atoms with Crippen LogP contribution in [0.25, 0.3) is 0 Å². The summed E-state index contributed by atoms with van der Waals surface area (Å²) in [4.78, 5) is 22.3. The molecule has 0 bridgehead atoms. The number of carbonyl (C=O) groups excluding carboxylic acids is 1. The summed E-state index contributed by atoms with van der Waals surface area (Å²) in [5.74, 6) is -0.188. The van der Waals surface area contributed by atoms with Gasteiger partial charge in [-0.2, -0.15) is 0 Å². The molecule has 0 aliphatic carbocycles. The Morgan fingerprint density at radius 3 is 3.13 bits per heavy atom. The summed E-state index contributed by atoms with van der Waals surface area (Å²) in [6, 6.07) is 0. The van der Waals surface area contributed by atoms with E-state index in [-0.39, 0.29) is 5.91 Å². The van der Waals surface area contributed by atoms with Gasteiger partial charge in [-0.25, -0.2) is 9.97 Å². The highest BCUT2D eigenvalue weighted by Crippen LogP contribution is 2.15. The summed E-state index contributed by atoms with van der Waals surface area (Å²) in [7, 11) is 0. The summed E-state index contributed by atoms with van der Waals surface area (Å²) in [6.45, 7) is 0.425. The predicted octanol–water partition coefficient (Wildman–Crippen LogP) is 1.56. The number of nitrogens with zero attached hydrogens (tertiary/aromatic N) is 2. The fraction of sp³-hybridized carbons (Fsp3) is 0.125. The number of halogens is 1. The van der Waals surface area contributed by atoms with Crippen LogP contribution >= 0.6 is 27.3 Å². The van der Waals surface area contributed by atoms with Crippen molar-refractivity contribution in [2.45, 2.75) is 6.54 Å². The van der Waals surface area contributed by atoms with Gasteiger partial charge < -0.3 is 10.3 Å². The number of nitrogens with one attached hydrogen (secondary N) is 2. The highest BCUT2D eigenvalue weighted by atomic mass is 79.9. The minimum Gasteiger partial charge on any atom is -0.347 e. The van der Waals surface area contributed by atoms with Crippen LogP contribution in [-0.2, 0) is 6.54 Å². The second-order valence-electron chi connectivity index (χ2n) is 2.75. The second kappa shape index (κ2) is 4.54. The Morgan fingerprint density at radius 2 is 2.53 bits per heavy atom. The van der Waals surface area contributed by atoms with E-state index < -0.39 is 0 Å².